The van der Waals surface area contributed by atoms with Crippen LogP contribution in [0, 0.1) is 12.3 Å². The van der Waals surface area contributed by atoms with Gasteiger partial charge >= 0.3 is 0 Å². The summed E-state index contributed by atoms with van der Waals surface area (Å²) in [5, 5.41) is 4.26. The number of nitrogens with zero attached hydrogens (tertiary/aromatic N) is 3. The molecule has 4 nitrogen and oxygen atoms in total. The molecule has 4 heteroatoms. The molecule has 16 heavy (non-hydrogen) atoms. The third kappa shape index (κ3) is 1.84. The summed E-state index contributed by atoms with van der Waals surface area (Å²) in [5.74, 6) is 2.45. The van der Waals surface area contributed by atoms with Gasteiger partial charge in [-0.3, -0.25) is 9.78 Å². The molecule has 0 aliphatic rings. The summed E-state index contributed by atoms with van der Waals surface area (Å²) in [6, 6.07) is 5.37. The molecule has 0 unspecified atom stereocenters. The number of carbonyl (C=O) groups is 1. The van der Waals surface area contributed by atoms with E-state index in [-0.39, 0.29) is 0 Å². The first-order chi connectivity index (χ1) is 7.85. The van der Waals surface area contributed by atoms with Gasteiger partial charge in [0.1, 0.15) is 12.2 Å². The summed E-state index contributed by atoms with van der Waals surface area (Å²) in [5.41, 5.74) is 2.11. The highest BCUT2D eigenvalue weighted by atomic mass is 16.1. The molecule has 0 saturated heterocycles. The SMILES string of the molecule is C#CCn1nc(-c2ccncc2)cc1C=O. The van der Waals surface area contributed by atoms with E-state index < -0.39 is 0 Å². The Morgan fingerprint density at radius 2 is 2.19 bits per heavy atom. The molecule has 0 spiro atoms. The zero-order valence-electron chi connectivity index (χ0n) is 8.50. The number of aromatic nitrogens is 3. The zero-order valence-corrected chi connectivity index (χ0v) is 8.50. The first-order valence-corrected chi connectivity index (χ1v) is 4.72. The van der Waals surface area contributed by atoms with Crippen molar-refractivity contribution in [2.75, 3.05) is 0 Å². The van der Waals surface area contributed by atoms with Crippen molar-refractivity contribution in [3.8, 4) is 23.6 Å². The minimum absolute atomic E-state index is 0.291. The Kier molecular flexibility index (Phi) is 2.79. The number of hydrogen-bond donors (Lipinski definition) is 0. The van der Waals surface area contributed by atoms with Crippen LogP contribution in [-0.4, -0.2) is 21.1 Å². The van der Waals surface area contributed by atoms with Crippen molar-refractivity contribution in [1.82, 2.24) is 14.8 Å². The fourth-order valence-corrected chi connectivity index (χ4v) is 1.40. The van der Waals surface area contributed by atoms with Gasteiger partial charge in [0.05, 0.1) is 5.69 Å². The highest BCUT2D eigenvalue weighted by molar-refractivity contribution is 5.75. The van der Waals surface area contributed by atoms with E-state index >= 15 is 0 Å². The minimum Gasteiger partial charge on any atom is -0.296 e. The molecule has 0 atom stereocenters. The number of hydrogen-bond acceptors (Lipinski definition) is 3. The Morgan fingerprint density at radius 3 is 2.81 bits per heavy atom. The van der Waals surface area contributed by atoms with Gasteiger partial charge in [-0.2, -0.15) is 5.10 Å². The summed E-state index contributed by atoms with van der Waals surface area (Å²) in [7, 11) is 0. The third-order valence-corrected chi connectivity index (χ3v) is 2.15. The Hall–Kier alpha value is -2.41. The summed E-state index contributed by atoms with van der Waals surface area (Å²) < 4.78 is 1.50. The van der Waals surface area contributed by atoms with Crippen LogP contribution in [0.25, 0.3) is 11.3 Å². The van der Waals surface area contributed by atoms with E-state index in [0.29, 0.717) is 12.2 Å². The maximum atomic E-state index is 10.8. The average Bonchev–Trinajstić information content (AvgIpc) is 2.74. The highest BCUT2D eigenvalue weighted by Crippen LogP contribution is 2.17. The van der Waals surface area contributed by atoms with E-state index in [4.69, 9.17) is 6.42 Å². The highest BCUT2D eigenvalue weighted by Gasteiger charge is 2.07. The fraction of sp³-hybridized carbons (Fsp3) is 0.0833. The van der Waals surface area contributed by atoms with E-state index in [1.165, 1.54) is 4.68 Å². The normalized spacial score (nSPS) is 9.69. The second-order valence-corrected chi connectivity index (χ2v) is 3.17. The van der Waals surface area contributed by atoms with Crippen molar-refractivity contribution in [2.24, 2.45) is 0 Å². The molecule has 0 saturated carbocycles. The first kappa shape index (κ1) is 10.1. The van der Waals surface area contributed by atoms with E-state index in [0.717, 1.165) is 17.5 Å². The number of aldehydes is 1. The smallest absolute Gasteiger partial charge is 0.168 e. The quantitative estimate of drug-likeness (QED) is 0.569. The van der Waals surface area contributed by atoms with Gasteiger partial charge in [0, 0.05) is 18.0 Å². The van der Waals surface area contributed by atoms with Crippen molar-refractivity contribution in [3.05, 3.63) is 36.3 Å². The van der Waals surface area contributed by atoms with Crippen LogP contribution in [0.1, 0.15) is 10.5 Å². The molecule has 2 aromatic rings. The van der Waals surface area contributed by atoms with Crippen molar-refractivity contribution in [2.45, 2.75) is 6.54 Å². The van der Waals surface area contributed by atoms with Crippen LogP contribution in [0.5, 0.6) is 0 Å². The molecule has 0 fully saturated rings. The Labute approximate surface area is 92.9 Å². The number of terminal acetylenes is 1. The number of pyridine rings is 1. The second kappa shape index (κ2) is 4.41. The van der Waals surface area contributed by atoms with Gasteiger partial charge < -0.3 is 0 Å². The first-order valence-electron chi connectivity index (χ1n) is 4.72. The van der Waals surface area contributed by atoms with Crippen LogP contribution in [0.4, 0.5) is 0 Å². The molecule has 0 N–H and O–H groups in total. The van der Waals surface area contributed by atoms with E-state index in [2.05, 4.69) is 16.0 Å². The predicted molar refractivity (Wildman–Crippen MR) is 59.7 cm³/mol. The molecular weight excluding hydrogens is 202 g/mol. The summed E-state index contributed by atoms with van der Waals surface area (Å²) >= 11 is 0. The van der Waals surface area contributed by atoms with Crippen LogP contribution in [0.2, 0.25) is 0 Å². The van der Waals surface area contributed by atoms with Crippen molar-refractivity contribution in [1.29, 1.82) is 0 Å². The topological polar surface area (TPSA) is 47.8 Å². The third-order valence-electron chi connectivity index (χ3n) is 2.15. The lowest BCUT2D eigenvalue weighted by molar-refractivity contribution is 0.111. The predicted octanol–water partition coefficient (Wildman–Crippen LogP) is 1.39. The largest absolute Gasteiger partial charge is 0.296 e. The van der Waals surface area contributed by atoms with Crippen molar-refractivity contribution in [3.63, 3.8) is 0 Å². The van der Waals surface area contributed by atoms with E-state index in [9.17, 15) is 4.79 Å². The lowest BCUT2D eigenvalue weighted by atomic mass is 10.2. The fourth-order valence-electron chi connectivity index (χ4n) is 1.40. The molecular formula is C12H9N3O. The molecule has 0 aliphatic heterocycles. The van der Waals surface area contributed by atoms with Crippen molar-refractivity contribution < 1.29 is 4.79 Å². The molecule has 2 rings (SSSR count). The van der Waals surface area contributed by atoms with Crippen LogP contribution >= 0.6 is 0 Å². The monoisotopic (exact) mass is 211 g/mol. The average molecular weight is 211 g/mol. The van der Waals surface area contributed by atoms with Gasteiger partial charge in [-0.15, -0.1) is 6.42 Å². The maximum Gasteiger partial charge on any atom is 0.168 e. The van der Waals surface area contributed by atoms with Gasteiger partial charge in [-0.1, -0.05) is 5.92 Å². The molecule has 0 aromatic carbocycles. The van der Waals surface area contributed by atoms with Crippen LogP contribution < -0.4 is 0 Å². The Balaban J connectivity index is 2.45. The summed E-state index contributed by atoms with van der Waals surface area (Å²) in [6.45, 7) is 0.291. The lowest BCUT2D eigenvalue weighted by Gasteiger charge is -1.96. The maximum absolute atomic E-state index is 10.8. The van der Waals surface area contributed by atoms with Crippen LogP contribution in [0.15, 0.2) is 30.6 Å². The number of carbonyl (C=O) groups excluding carboxylic acids is 1. The minimum atomic E-state index is 0.291. The second-order valence-electron chi connectivity index (χ2n) is 3.17. The van der Waals surface area contributed by atoms with Crippen LogP contribution in [-0.2, 0) is 6.54 Å². The molecule has 78 valence electrons. The Morgan fingerprint density at radius 1 is 1.44 bits per heavy atom. The van der Waals surface area contributed by atoms with E-state index in [1.54, 1.807) is 18.5 Å². The van der Waals surface area contributed by atoms with Gasteiger partial charge in [-0.05, 0) is 18.2 Å². The standard InChI is InChI=1S/C12H9N3O/c1-2-7-15-11(9-16)8-12(14-15)10-3-5-13-6-4-10/h1,3-6,8-9H,7H2. The molecule has 2 aromatic heterocycles. The molecule has 0 bridgehead atoms. The van der Waals surface area contributed by atoms with Gasteiger partial charge in [0.2, 0.25) is 0 Å². The molecule has 0 amide bonds. The lowest BCUT2D eigenvalue weighted by Crippen LogP contribution is -2.02. The Bertz CT molecular complexity index is 537. The van der Waals surface area contributed by atoms with Gasteiger partial charge in [0.15, 0.2) is 6.29 Å². The number of rotatable bonds is 3. The summed E-state index contributed by atoms with van der Waals surface area (Å²) in [6.07, 6.45) is 9.29. The van der Waals surface area contributed by atoms with Crippen molar-refractivity contribution >= 4 is 6.29 Å². The molecule has 0 radical (unpaired) electrons. The zero-order chi connectivity index (χ0) is 11.4. The molecule has 0 aliphatic carbocycles. The summed E-state index contributed by atoms with van der Waals surface area (Å²) in [4.78, 5) is 14.7. The van der Waals surface area contributed by atoms with Gasteiger partial charge in [-0.25, -0.2) is 4.68 Å². The van der Waals surface area contributed by atoms with Crippen LogP contribution in [0.3, 0.4) is 0 Å². The van der Waals surface area contributed by atoms with Gasteiger partial charge in [0.25, 0.3) is 0 Å². The van der Waals surface area contributed by atoms with E-state index in [1.807, 2.05) is 12.1 Å². The molecule has 2 heterocycles.